The molecular formula is C18H15F3N6O3S. The number of carbonyl (C=O) groups excluding carboxylic acids is 1. The summed E-state index contributed by atoms with van der Waals surface area (Å²) in [7, 11) is 1.75. The van der Waals surface area contributed by atoms with Gasteiger partial charge in [-0.25, -0.2) is 18.0 Å². The second-order valence-electron chi connectivity index (χ2n) is 7.16. The van der Waals surface area contributed by atoms with Crippen LogP contribution in [0.2, 0.25) is 0 Å². The summed E-state index contributed by atoms with van der Waals surface area (Å²) >= 11 is 0.949. The topological polar surface area (TPSA) is 85.6 Å². The van der Waals surface area contributed by atoms with E-state index in [1.807, 2.05) is 0 Å². The molecule has 9 nitrogen and oxygen atoms in total. The molecular weight excluding hydrogens is 437 g/mol. The van der Waals surface area contributed by atoms with E-state index < -0.39 is 41.0 Å². The van der Waals surface area contributed by atoms with Gasteiger partial charge in [0.1, 0.15) is 18.5 Å². The van der Waals surface area contributed by atoms with Crippen molar-refractivity contribution in [1.82, 2.24) is 18.5 Å². The molecule has 0 unspecified atom stereocenters. The summed E-state index contributed by atoms with van der Waals surface area (Å²) in [6.45, 7) is 0.162. The molecule has 2 aliphatic heterocycles. The lowest BCUT2D eigenvalue weighted by Gasteiger charge is -2.22. The Kier molecular flexibility index (Phi) is 4.68. The van der Waals surface area contributed by atoms with Crippen molar-refractivity contribution in [1.29, 1.82) is 0 Å². The van der Waals surface area contributed by atoms with E-state index in [2.05, 4.69) is 13.8 Å². The molecule has 0 saturated carbocycles. The first kappa shape index (κ1) is 19.6. The van der Waals surface area contributed by atoms with Crippen LogP contribution in [-0.4, -0.2) is 43.9 Å². The second-order valence-corrected chi connectivity index (χ2v) is 7.71. The number of hydrogen-bond acceptors (Lipinski definition) is 8. The van der Waals surface area contributed by atoms with E-state index in [1.165, 1.54) is 11.1 Å². The summed E-state index contributed by atoms with van der Waals surface area (Å²) in [5.74, 6) is -3.42. The van der Waals surface area contributed by atoms with Crippen molar-refractivity contribution >= 4 is 29.2 Å². The highest BCUT2D eigenvalue weighted by Gasteiger charge is 2.37. The van der Waals surface area contributed by atoms with Crippen LogP contribution < -0.4 is 14.5 Å². The molecule has 0 bridgehead atoms. The molecule has 0 aliphatic carbocycles. The zero-order valence-electron chi connectivity index (χ0n) is 16.1. The number of fused-ring (bicyclic) bond motifs is 1. The molecule has 0 N–H and O–H groups in total. The summed E-state index contributed by atoms with van der Waals surface area (Å²) in [4.78, 5) is 14.4. The number of anilines is 2. The van der Waals surface area contributed by atoms with Gasteiger partial charge in [-0.2, -0.15) is 9.47 Å². The van der Waals surface area contributed by atoms with E-state index in [0.29, 0.717) is 5.69 Å². The maximum atomic E-state index is 14.9. The predicted octanol–water partition coefficient (Wildman–Crippen LogP) is 2.61. The molecule has 162 valence electrons. The van der Waals surface area contributed by atoms with Gasteiger partial charge in [0, 0.05) is 31.4 Å². The van der Waals surface area contributed by atoms with Gasteiger partial charge in [0.2, 0.25) is 5.88 Å². The molecule has 4 heterocycles. The number of cyclic esters (lactones) is 1. The van der Waals surface area contributed by atoms with Crippen LogP contribution in [0.1, 0.15) is 11.3 Å². The van der Waals surface area contributed by atoms with Crippen LogP contribution >= 0.6 is 11.7 Å². The first-order chi connectivity index (χ1) is 14.9. The number of nitrogens with zero attached hydrogens (tertiary/aromatic N) is 6. The average molecular weight is 452 g/mol. The lowest BCUT2D eigenvalue weighted by atomic mass is 10.2. The van der Waals surface area contributed by atoms with E-state index >= 15 is 0 Å². The van der Waals surface area contributed by atoms with Crippen LogP contribution in [0.4, 0.5) is 29.3 Å². The van der Waals surface area contributed by atoms with Gasteiger partial charge in [-0.05, 0) is 0 Å². The molecule has 0 radical (unpaired) electrons. The predicted molar refractivity (Wildman–Crippen MR) is 102 cm³/mol. The number of halogens is 3. The van der Waals surface area contributed by atoms with Crippen LogP contribution in [0.5, 0.6) is 5.88 Å². The van der Waals surface area contributed by atoms with E-state index in [1.54, 1.807) is 17.9 Å². The Morgan fingerprint density at radius 1 is 1.29 bits per heavy atom. The van der Waals surface area contributed by atoms with Crippen LogP contribution in [-0.2, 0) is 24.9 Å². The molecule has 1 fully saturated rings. The van der Waals surface area contributed by atoms with Crippen molar-refractivity contribution in [3.05, 3.63) is 47.2 Å². The summed E-state index contributed by atoms with van der Waals surface area (Å²) in [5, 5.41) is 4.23. The van der Waals surface area contributed by atoms with E-state index in [-0.39, 0.29) is 32.1 Å². The largest absolute Gasteiger partial charge is 0.472 e. The van der Waals surface area contributed by atoms with Crippen molar-refractivity contribution < 1.29 is 27.4 Å². The SMILES string of the molecule is Cn1cc2c(n1)CN(c1c(F)cc(N3C[C@H](COc4cnsn4)OC3=O)c(F)c1F)C2. The van der Waals surface area contributed by atoms with Crippen LogP contribution in [0, 0.1) is 17.5 Å². The number of benzene rings is 1. The van der Waals surface area contributed by atoms with Gasteiger partial charge in [0.05, 0.1) is 36.2 Å². The van der Waals surface area contributed by atoms with Gasteiger partial charge in [-0.1, -0.05) is 0 Å². The van der Waals surface area contributed by atoms with Gasteiger partial charge in [0.25, 0.3) is 0 Å². The van der Waals surface area contributed by atoms with Gasteiger partial charge in [0.15, 0.2) is 23.6 Å². The van der Waals surface area contributed by atoms with Crippen molar-refractivity contribution in [3.8, 4) is 5.88 Å². The fraction of sp³-hybridized carbons (Fsp3) is 0.333. The van der Waals surface area contributed by atoms with Crippen LogP contribution in [0.3, 0.4) is 0 Å². The first-order valence-corrected chi connectivity index (χ1v) is 9.96. The summed E-state index contributed by atoms with van der Waals surface area (Å²) < 4.78 is 64.4. The Morgan fingerprint density at radius 2 is 2.13 bits per heavy atom. The minimum absolute atomic E-state index is 0.0578. The molecule has 2 aliphatic rings. The van der Waals surface area contributed by atoms with Crippen molar-refractivity contribution in [2.75, 3.05) is 23.0 Å². The Morgan fingerprint density at radius 3 is 2.87 bits per heavy atom. The van der Waals surface area contributed by atoms with Gasteiger partial charge < -0.3 is 14.4 Å². The standard InChI is InChI=1S/C18H15F3N6O3S/c1-25-4-9-5-26(7-12(9)23-25)17-11(19)2-13(15(20)16(17)21)27-6-10(30-18(27)28)8-29-14-3-22-31-24-14/h2-4,10H,5-8H2,1H3/t10-/m1/s1. The fourth-order valence-corrected chi connectivity index (χ4v) is 4.08. The molecule has 1 aromatic carbocycles. The quantitative estimate of drug-likeness (QED) is 0.550. The van der Waals surface area contributed by atoms with Crippen LogP contribution in [0.25, 0.3) is 0 Å². The number of ether oxygens (including phenoxy) is 2. The van der Waals surface area contributed by atoms with Gasteiger partial charge >= 0.3 is 6.09 Å². The number of aromatic nitrogens is 4. The molecule has 2 aromatic heterocycles. The monoisotopic (exact) mass is 452 g/mol. The highest BCUT2D eigenvalue weighted by Crippen LogP contribution is 2.37. The van der Waals surface area contributed by atoms with Crippen molar-refractivity contribution in [2.45, 2.75) is 19.2 Å². The number of carbonyl (C=O) groups is 1. The van der Waals surface area contributed by atoms with Crippen molar-refractivity contribution in [3.63, 3.8) is 0 Å². The number of amides is 1. The van der Waals surface area contributed by atoms with Gasteiger partial charge in [-0.3, -0.25) is 9.58 Å². The smallest absolute Gasteiger partial charge is 0.414 e. The summed E-state index contributed by atoms with van der Waals surface area (Å²) in [5.41, 5.74) is 0.460. The lowest BCUT2D eigenvalue weighted by Crippen LogP contribution is -2.28. The zero-order chi connectivity index (χ0) is 21.7. The Hall–Kier alpha value is -3.35. The third-order valence-corrected chi connectivity index (χ3v) is 5.51. The highest BCUT2D eigenvalue weighted by molar-refractivity contribution is 6.99. The zero-order valence-corrected chi connectivity index (χ0v) is 16.9. The third-order valence-electron chi connectivity index (χ3n) is 5.05. The fourth-order valence-electron chi connectivity index (χ4n) is 3.71. The number of hydrogen-bond donors (Lipinski definition) is 0. The molecule has 1 saturated heterocycles. The highest BCUT2D eigenvalue weighted by atomic mass is 32.1. The van der Waals surface area contributed by atoms with E-state index in [9.17, 15) is 18.0 Å². The number of aryl methyl sites for hydroxylation is 1. The molecule has 1 amide bonds. The summed E-state index contributed by atoms with van der Waals surface area (Å²) in [6.07, 6.45) is 1.46. The normalized spacial score (nSPS) is 17.9. The minimum atomic E-state index is -1.37. The molecule has 5 rings (SSSR count). The van der Waals surface area contributed by atoms with E-state index in [0.717, 1.165) is 28.3 Å². The molecule has 0 spiro atoms. The molecule has 1 atom stereocenters. The molecule has 3 aromatic rings. The Balaban J connectivity index is 1.35. The molecule has 13 heteroatoms. The number of rotatable bonds is 5. The second kappa shape index (κ2) is 7.41. The van der Waals surface area contributed by atoms with Crippen LogP contribution in [0.15, 0.2) is 18.5 Å². The first-order valence-electron chi connectivity index (χ1n) is 9.23. The van der Waals surface area contributed by atoms with Gasteiger partial charge in [-0.15, -0.1) is 4.37 Å². The Labute approximate surface area is 177 Å². The molecule has 31 heavy (non-hydrogen) atoms. The average Bonchev–Trinajstić information content (AvgIpc) is 3.48. The summed E-state index contributed by atoms with van der Waals surface area (Å²) in [6, 6.07) is 0.805. The van der Waals surface area contributed by atoms with E-state index in [4.69, 9.17) is 9.47 Å². The maximum Gasteiger partial charge on any atom is 0.414 e. The Bertz CT molecular complexity index is 1130. The van der Waals surface area contributed by atoms with Crippen molar-refractivity contribution in [2.24, 2.45) is 7.05 Å². The lowest BCUT2D eigenvalue weighted by molar-refractivity contribution is 0.103. The third kappa shape index (κ3) is 3.44. The minimum Gasteiger partial charge on any atom is -0.472 e. The maximum absolute atomic E-state index is 14.9.